The summed E-state index contributed by atoms with van der Waals surface area (Å²) in [6.45, 7) is 14.2. The van der Waals surface area contributed by atoms with Crippen LogP contribution >= 0.6 is 13.5 Å². The van der Waals surface area contributed by atoms with Gasteiger partial charge in [-0.3, -0.25) is 14.4 Å². The van der Waals surface area contributed by atoms with Crippen LogP contribution in [-0.4, -0.2) is 47.0 Å². The third-order valence-electron chi connectivity index (χ3n) is 8.09. The summed E-state index contributed by atoms with van der Waals surface area (Å²) >= 11 is 0. The van der Waals surface area contributed by atoms with Gasteiger partial charge in [0.2, 0.25) is 0 Å². The molecule has 0 amide bonds. The standard InChI is InChI=1S/C36H47FN2O4.H2S/c1-21(2)12-31(39-20-27(10-11-38(8)9)15-26(7)36(39)43)32(40)18-28(19-33(41)42)30-17-29(16-25(6)35(30)37)34-23(4)13-22(3)14-24(34)5;/h13-17,20-21,28,31H,10-12,18-19H2,1-9H3,(H,41,42);1H2/t28-,31?;/m0./s1. The first-order valence-corrected chi connectivity index (χ1v) is 15.1. The Bertz CT molecular complexity index is 1540. The molecule has 1 heterocycles. The molecule has 1 aromatic heterocycles. The van der Waals surface area contributed by atoms with E-state index in [0.29, 0.717) is 24.0 Å². The summed E-state index contributed by atoms with van der Waals surface area (Å²) in [6, 6.07) is 8.72. The maximum atomic E-state index is 15.8. The van der Waals surface area contributed by atoms with Gasteiger partial charge in [0, 0.05) is 30.6 Å². The van der Waals surface area contributed by atoms with Gasteiger partial charge in [0.15, 0.2) is 5.78 Å². The average molecular weight is 625 g/mol. The molecule has 0 bridgehead atoms. The van der Waals surface area contributed by atoms with Crippen molar-refractivity contribution in [3.05, 3.63) is 91.6 Å². The van der Waals surface area contributed by atoms with E-state index in [9.17, 15) is 19.5 Å². The maximum Gasteiger partial charge on any atom is 0.303 e. The number of aromatic nitrogens is 1. The number of hydrogen-bond acceptors (Lipinski definition) is 4. The summed E-state index contributed by atoms with van der Waals surface area (Å²) in [4.78, 5) is 41.6. The number of rotatable bonds is 13. The van der Waals surface area contributed by atoms with Crippen LogP contribution in [0.4, 0.5) is 4.39 Å². The number of nitrogens with zero attached hydrogens (tertiary/aromatic N) is 2. The molecule has 1 unspecified atom stereocenters. The predicted octanol–water partition coefficient (Wildman–Crippen LogP) is 7.22. The van der Waals surface area contributed by atoms with E-state index in [1.165, 1.54) is 4.57 Å². The summed E-state index contributed by atoms with van der Waals surface area (Å²) in [6.07, 6.45) is 2.31. The van der Waals surface area contributed by atoms with Gasteiger partial charge in [-0.25, -0.2) is 4.39 Å². The largest absolute Gasteiger partial charge is 0.481 e. The van der Waals surface area contributed by atoms with Crippen molar-refractivity contribution in [1.29, 1.82) is 0 Å². The van der Waals surface area contributed by atoms with E-state index in [0.717, 1.165) is 39.9 Å². The third kappa shape index (κ3) is 9.14. The second kappa shape index (κ2) is 15.7. The Labute approximate surface area is 268 Å². The van der Waals surface area contributed by atoms with E-state index in [1.807, 2.05) is 54.8 Å². The zero-order chi connectivity index (χ0) is 32.2. The van der Waals surface area contributed by atoms with E-state index in [-0.39, 0.29) is 42.7 Å². The number of Topliss-reactive ketones (excluding diaryl/α,β-unsaturated/α-hetero) is 1. The number of carboxylic acids is 1. The van der Waals surface area contributed by atoms with E-state index < -0.39 is 30.2 Å². The van der Waals surface area contributed by atoms with Gasteiger partial charge >= 0.3 is 5.97 Å². The van der Waals surface area contributed by atoms with Crippen molar-refractivity contribution < 1.29 is 19.1 Å². The minimum atomic E-state index is -1.11. The molecule has 2 atom stereocenters. The first kappa shape index (κ1) is 37.0. The number of carboxylic acid groups (broad SMARTS) is 1. The second-order valence-corrected chi connectivity index (χ2v) is 12.9. The highest BCUT2D eigenvalue weighted by Gasteiger charge is 2.30. The lowest BCUT2D eigenvalue weighted by atomic mass is 9.83. The SMILES string of the molecule is Cc1cc(C)c(-c2cc(C)c(F)c([C@H](CC(=O)O)CC(=O)C(CC(C)C)n3cc(CCN(C)C)cc(C)c3=O)c2)c(C)c1.S. The number of benzene rings is 2. The predicted molar refractivity (Wildman–Crippen MR) is 182 cm³/mol. The number of likely N-dealkylation sites (N-methyl/N-ethyl adjacent to an activating group) is 1. The number of ketones is 1. The lowest BCUT2D eigenvalue weighted by Crippen LogP contribution is -2.33. The molecule has 0 fully saturated rings. The minimum absolute atomic E-state index is 0. The van der Waals surface area contributed by atoms with Crippen LogP contribution in [0.5, 0.6) is 0 Å². The van der Waals surface area contributed by atoms with Crippen LogP contribution in [0.3, 0.4) is 0 Å². The summed E-state index contributed by atoms with van der Waals surface area (Å²) < 4.78 is 17.3. The number of pyridine rings is 1. The van der Waals surface area contributed by atoms with Crippen LogP contribution in [0.2, 0.25) is 0 Å². The highest BCUT2D eigenvalue weighted by atomic mass is 32.1. The Hall–Kier alpha value is -3.23. The molecule has 44 heavy (non-hydrogen) atoms. The summed E-state index contributed by atoms with van der Waals surface area (Å²) in [7, 11) is 3.96. The van der Waals surface area contributed by atoms with E-state index in [4.69, 9.17) is 0 Å². The molecule has 2 aromatic carbocycles. The number of carbonyl (C=O) groups is 2. The molecule has 6 nitrogen and oxygen atoms in total. The fourth-order valence-electron chi connectivity index (χ4n) is 6.14. The van der Waals surface area contributed by atoms with Crippen LogP contribution < -0.4 is 5.56 Å². The molecule has 0 spiro atoms. The topological polar surface area (TPSA) is 79.6 Å². The van der Waals surface area contributed by atoms with Gasteiger partial charge < -0.3 is 14.6 Å². The van der Waals surface area contributed by atoms with Crippen molar-refractivity contribution in [2.24, 2.45) is 5.92 Å². The molecular weight excluding hydrogens is 575 g/mol. The first-order valence-electron chi connectivity index (χ1n) is 15.1. The Morgan fingerprint density at radius 3 is 2.07 bits per heavy atom. The Balaban J connectivity index is 0.00000675. The monoisotopic (exact) mass is 624 g/mol. The van der Waals surface area contributed by atoms with Crippen molar-refractivity contribution in [3.8, 4) is 11.1 Å². The molecule has 3 aromatic rings. The number of aryl methyl sites for hydroxylation is 5. The molecule has 0 aliphatic heterocycles. The van der Waals surface area contributed by atoms with Crippen LogP contribution in [0.25, 0.3) is 11.1 Å². The zero-order valence-corrected chi connectivity index (χ0v) is 28.7. The van der Waals surface area contributed by atoms with Crippen LogP contribution in [0.1, 0.15) is 84.0 Å². The van der Waals surface area contributed by atoms with Gasteiger partial charge in [-0.2, -0.15) is 13.5 Å². The fourth-order valence-corrected chi connectivity index (χ4v) is 6.14. The van der Waals surface area contributed by atoms with Crippen LogP contribution in [0.15, 0.2) is 41.3 Å². The Morgan fingerprint density at radius 1 is 0.909 bits per heavy atom. The number of hydrogen-bond donors (Lipinski definition) is 1. The van der Waals surface area contributed by atoms with Crippen LogP contribution in [-0.2, 0) is 16.0 Å². The molecule has 3 rings (SSSR count). The van der Waals surface area contributed by atoms with Crippen molar-refractivity contribution in [2.75, 3.05) is 20.6 Å². The number of halogens is 1. The molecule has 0 saturated carbocycles. The molecule has 0 saturated heterocycles. The Morgan fingerprint density at radius 2 is 1.52 bits per heavy atom. The molecule has 8 heteroatoms. The van der Waals surface area contributed by atoms with Gasteiger partial charge in [-0.05, 0) is 125 Å². The average Bonchev–Trinajstić information content (AvgIpc) is 2.88. The van der Waals surface area contributed by atoms with Crippen molar-refractivity contribution in [1.82, 2.24) is 9.47 Å². The normalized spacial score (nSPS) is 12.7. The van der Waals surface area contributed by atoms with Gasteiger partial charge in [0.25, 0.3) is 5.56 Å². The molecule has 0 radical (unpaired) electrons. The van der Waals surface area contributed by atoms with E-state index >= 15 is 4.39 Å². The lowest BCUT2D eigenvalue weighted by molar-refractivity contribution is -0.137. The van der Waals surface area contributed by atoms with Crippen molar-refractivity contribution in [2.45, 2.75) is 86.1 Å². The van der Waals surface area contributed by atoms with Crippen molar-refractivity contribution >= 4 is 25.2 Å². The summed E-state index contributed by atoms with van der Waals surface area (Å²) in [5.74, 6) is -2.67. The fraction of sp³-hybridized carbons (Fsp3) is 0.472. The van der Waals surface area contributed by atoms with Gasteiger partial charge in [-0.15, -0.1) is 0 Å². The summed E-state index contributed by atoms with van der Waals surface area (Å²) in [5, 5.41) is 9.85. The zero-order valence-electron chi connectivity index (χ0n) is 27.7. The first-order chi connectivity index (χ1) is 20.1. The molecular formula is C36H49FN2O4S. The highest BCUT2D eigenvalue weighted by molar-refractivity contribution is 7.59. The van der Waals surface area contributed by atoms with E-state index in [2.05, 4.69) is 17.0 Å². The quantitative estimate of drug-likeness (QED) is 0.217. The highest BCUT2D eigenvalue weighted by Crippen LogP contribution is 2.36. The molecule has 240 valence electrons. The van der Waals surface area contributed by atoms with Gasteiger partial charge in [0.1, 0.15) is 5.82 Å². The summed E-state index contributed by atoms with van der Waals surface area (Å²) in [5.41, 5.74) is 6.87. The molecule has 0 aliphatic rings. The number of carbonyl (C=O) groups excluding carboxylic acids is 1. The van der Waals surface area contributed by atoms with Gasteiger partial charge in [0.05, 0.1) is 12.5 Å². The van der Waals surface area contributed by atoms with Crippen molar-refractivity contribution in [3.63, 3.8) is 0 Å². The Kier molecular flexibility index (Phi) is 13.2. The third-order valence-corrected chi connectivity index (χ3v) is 8.09. The molecule has 1 N–H and O–H groups in total. The second-order valence-electron chi connectivity index (χ2n) is 12.9. The minimum Gasteiger partial charge on any atom is -0.481 e. The lowest BCUT2D eigenvalue weighted by Gasteiger charge is -2.25. The van der Waals surface area contributed by atoms with Crippen LogP contribution in [0, 0.1) is 46.4 Å². The molecule has 0 aliphatic carbocycles. The van der Waals surface area contributed by atoms with E-state index in [1.54, 1.807) is 32.2 Å². The number of aliphatic carboxylic acids is 1. The van der Waals surface area contributed by atoms with Gasteiger partial charge in [-0.1, -0.05) is 31.5 Å². The smallest absolute Gasteiger partial charge is 0.303 e. The maximum absolute atomic E-state index is 15.8.